The molecule has 2 heterocycles. The van der Waals surface area contributed by atoms with Gasteiger partial charge in [-0.05, 0) is 43.9 Å². The minimum Gasteiger partial charge on any atom is -0.461 e. The molecule has 0 aromatic carbocycles. The largest absolute Gasteiger partial charge is 0.461 e. The van der Waals surface area contributed by atoms with Crippen LogP contribution in [0.15, 0.2) is 24.5 Å². The van der Waals surface area contributed by atoms with Crippen molar-refractivity contribution in [2.45, 2.75) is 47.6 Å². The molecule has 0 fully saturated rings. The van der Waals surface area contributed by atoms with E-state index >= 15 is 0 Å². The number of rotatable bonds is 9. The Morgan fingerprint density at radius 3 is 2.55 bits per heavy atom. The molecule has 1 N–H and O–H groups in total. The monoisotopic (exact) mass is 399 g/mol. The number of Topliss-reactive ketones (excluding diaryl/α,β-unsaturated/α-hetero) is 1. The first-order valence-electron chi connectivity index (χ1n) is 9.80. The van der Waals surface area contributed by atoms with Gasteiger partial charge in [0.25, 0.3) is 0 Å². The second-order valence-corrected chi connectivity index (χ2v) is 7.48. The fourth-order valence-electron chi connectivity index (χ4n) is 3.25. The molecule has 0 radical (unpaired) electrons. The number of aromatic nitrogens is 2. The lowest BCUT2D eigenvalue weighted by atomic mass is 10.0. The molecule has 29 heavy (non-hydrogen) atoms. The van der Waals surface area contributed by atoms with E-state index in [4.69, 9.17) is 4.74 Å². The summed E-state index contributed by atoms with van der Waals surface area (Å²) in [6, 6.07) is 3.67. The van der Waals surface area contributed by atoms with Crippen LogP contribution in [0.5, 0.6) is 0 Å². The third-order valence-corrected chi connectivity index (χ3v) is 4.56. The van der Waals surface area contributed by atoms with Crippen LogP contribution in [0.2, 0.25) is 0 Å². The molecule has 2 aromatic rings. The lowest BCUT2D eigenvalue weighted by molar-refractivity contribution is -0.132. The number of aromatic amines is 1. The number of esters is 1. The number of amides is 1. The average Bonchev–Trinajstić information content (AvgIpc) is 2.96. The highest BCUT2D eigenvalue weighted by Gasteiger charge is 2.26. The highest BCUT2D eigenvalue weighted by Crippen LogP contribution is 2.21. The first-order chi connectivity index (χ1) is 13.7. The van der Waals surface area contributed by atoms with Crippen LogP contribution in [0.3, 0.4) is 0 Å². The van der Waals surface area contributed by atoms with E-state index in [0.717, 1.165) is 5.56 Å². The molecule has 2 rings (SSSR count). The Hall–Kier alpha value is -2.96. The molecule has 2 aromatic heterocycles. The third-order valence-electron chi connectivity index (χ3n) is 4.56. The van der Waals surface area contributed by atoms with Crippen LogP contribution in [0.1, 0.15) is 64.9 Å². The maximum absolute atomic E-state index is 13.1. The molecule has 0 aliphatic heterocycles. The summed E-state index contributed by atoms with van der Waals surface area (Å²) < 4.78 is 5.05. The lowest BCUT2D eigenvalue weighted by Crippen LogP contribution is -2.36. The van der Waals surface area contributed by atoms with Crippen molar-refractivity contribution in [3.63, 3.8) is 0 Å². The number of nitrogens with zero attached hydrogens (tertiary/aromatic N) is 2. The molecule has 0 aliphatic carbocycles. The van der Waals surface area contributed by atoms with Crippen LogP contribution >= 0.6 is 0 Å². The number of hydrogen-bond donors (Lipinski definition) is 1. The van der Waals surface area contributed by atoms with E-state index in [0.29, 0.717) is 29.8 Å². The van der Waals surface area contributed by atoms with E-state index in [1.54, 1.807) is 44.1 Å². The van der Waals surface area contributed by atoms with Gasteiger partial charge in [-0.2, -0.15) is 0 Å². The maximum Gasteiger partial charge on any atom is 0.355 e. The highest BCUT2D eigenvalue weighted by molar-refractivity contribution is 6.04. The molecule has 0 saturated heterocycles. The van der Waals surface area contributed by atoms with Crippen LogP contribution in [0, 0.1) is 19.8 Å². The van der Waals surface area contributed by atoms with Crippen molar-refractivity contribution >= 4 is 17.7 Å². The first-order valence-corrected chi connectivity index (χ1v) is 9.80. The van der Waals surface area contributed by atoms with Crippen molar-refractivity contribution in [3.05, 3.63) is 52.6 Å². The van der Waals surface area contributed by atoms with Crippen LogP contribution < -0.4 is 0 Å². The SMILES string of the molecule is CCOC(=O)c1[nH]c(C)c(C(=O)CN(Cc2cccnc2)C(=O)CC(C)C)c1C. The van der Waals surface area contributed by atoms with E-state index in [9.17, 15) is 14.4 Å². The molecule has 7 heteroatoms. The van der Waals surface area contributed by atoms with E-state index < -0.39 is 5.97 Å². The number of ether oxygens (including phenoxy) is 1. The molecule has 0 aliphatic rings. The number of pyridine rings is 1. The number of ketones is 1. The fourth-order valence-corrected chi connectivity index (χ4v) is 3.25. The van der Waals surface area contributed by atoms with Crippen molar-refractivity contribution in [2.24, 2.45) is 5.92 Å². The van der Waals surface area contributed by atoms with Crippen molar-refractivity contribution in [1.29, 1.82) is 0 Å². The standard InChI is InChI=1S/C22H29N3O4/c1-6-29-22(28)21-15(4)20(16(5)24-21)18(26)13-25(19(27)10-14(2)3)12-17-8-7-9-23-11-17/h7-9,11,14,24H,6,10,12-13H2,1-5H3. The second-order valence-electron chi connectivity index (χ2n) is 7.48. The van der Waals surface area contributed by atoms with Gasteiger partial charge in [0.2, 0.25) is 5.91 Å². The molecule has 0 bridgehead atoms. The fraction of sp³-hybridized carbons (Fsp3) is 0.455. The summed E-state index contributed by atoms with van der Waals surface area (Å²) in [7, 11) is 0. The van der Waals surface area contributed by atoms with Crippen LogP contribution in [0.4, 0.5) is 0 Å². The molecular weight excluding hydrogens is 370 g/mol. The van der Waals surface area contributed by atoms with Gasteiger partial charge in [0.15, 0.2) is 5.78 Å². The summed E-state index contributed by atoms with van der Waals surface area (Å²) in [4.78, 5) is 46.6. The molecule has 156 valence electrons. The minimum absolute atomic E-state index is 0.0672. The maximum atomic E-state index is 13.1. The summed E-state index contributed by atoms with van der Waals surface area (Å²) in [6.45, 7) is 9.60. The van der Waals surface area contributed by atoms with Crippen LogP contribution in [-0.2, 0) is 16.1 Å². The van der Waals surface area contributed by atoms with Gasteiger partial charge in [0.05, 0.1) is 13.2 Å². The molecule has 0 spiro atoms. The molecule has 0 unspecified atom stereocenters. The molecule has 1 amide bonds. The number of aryl methyl sites for hydroxylation is 1. The normalized spacial score (nSPS) is 10.8. The average molecular weight is 399 g/mol. The Bertz CT molecular complexity index is 872. The zero-order valence-corrected chi connectivity index (χ0v) is 17.7. The topological polar surface area (TPSA) is 92.4 Å². The number of hydrogen-bond acceptors (Lipinski definition) is 5. The van der Waals surface area contributed by atoms with Gasteiger partial charge in [-0.3, -0.25) is 14.6 Å². The van der Waals surface area contributed by atoms with Crippen molar-refractivity contribution < 1.29 is 19.1 Å². The minimum atomic E-state index is -0.491. The quantitative estimate of drug-likeness (QED) is 0.515. The van der Waals surface area contributed by atoms with Crippen molar-refractivity contribution in [1.82, 2.24) is 14.9 Å². The van der Waals surface area contributed by atoms with Crippen LogP contribution in [-0.4, -0.2) is 45.7 Å². The van der Waals surface area contributed by atoms with E-state index in [1.165, 1.54) is 0 Å². The number of carbonyl (C=O) groups excluding carboxylic acids is 3. The molecule has 7 nitrogen and oxygen atoms in total. The smallest absolute Gasteiger partial charge is 0.355 e. The molecular formula is C22H29N3O4. The summed E-state index contributed by atoms with van der Waals surface area (Å²) in [5, 5.41) is 0. The van der Waals surface area contributed by atoms with E-state index in [-0.39, 0.29) is 36.5 Å². The van der Waals surface area contributed by atoms with Gasteiger partial charge in [0.1, 0.15) is 5.69 Å². The summed E-state index contributed by atoms with van der Waals surface area (Å²) in [5.74, 6) is -0.614. The number of carbonyl (C=O) groups is 3. The van der Waals surface area contributed by atoms with Gasteiger partial charge in [0, 0.05) is 36.6 Å². The van der Waals surface area contributed by atoms with Crippen molar-refractivity contribution in [3.8, 4) is 0 Å². The Balaban J connectivity index is 2.27. The molecule has 0 atom stereocenters. The highest BCUT2D eigenvalue weighted by atomic mass is 16.5. The number of H-pyrrole nitrogens is 1. The Labute approximate surface area is 171 Å². The van der Waals surface area contributed by atoms with E-state index in [2.05, 4.69) is 9.97 Å². The first kappa shape index (κ1) is 22.3. The van der Waals surface area contributed by atoms with Gasteiger partial charge in [-0.25, -0.2) is 4.79 Å². The second kappa shape index (κ2) is 10.0. The number of nitrogens with one attached hydrogen (secondary N) is 1. The predicted octanol–water partition coefficient (Wildman–Crippen LogP) is 3.46. The van der Waals surface area contributed by atoms with E-state index in [1.807, 2.05) is 19.9 Å². The zero-order chi connectivity index (χ0) is 21.6. The Morgan fingerprint density at radius 1 is 1.24 bits per heavy atom. The molecule has 0 saturated carbocycles. The van der Waals surface area contributed by atoms with Crippen LogP contribution in [0.25, 0.3) is 0 Å². The third kappa shape index (κ3) is 5.76. The van der Waals surface area contributed by atoms with Gasteiger partial charge in [-0.1, -0.05) is 19.9 Å². The van der Waals surface area contributed by atoms with Gasteiger partial charge in [-0.15, -0.1) is 0 Å². The van der Waals surface area contributed by atoms with Gasteiger partial charge >= 0.3 is 5.97 Å². The van der Waals surface area contributed by atoms with Gasteiger partial charge < -0.3 is 14.6 Å². The summed E-state index contributed by atoms with van der Waals surface area (Å²) >= 11 is 0. The Kier molecular flexibility index (Phi) is 7.70. The Morgan fingerprint density at radius 2 is 1.97 bits per heavy atom. The predicted molar refractivity (Wildman–Crippen MR) is 110 cm³/mol. The zero-order valence-electron chi connectivity index (χ0n) is 17.7. The summed E-state index contributed by atoms with van der Waals surface area (Å²) in [5.41, 5.74) is 2.70. The van der Waals surface area contributed by atoms with Crippen molar-refractivity contribution in [2.75, 3.05) is 13.2 Å². The summed E-state index contributed by atoms with van der Waals surface area (Å²) in [6.07, 6.45) is 3.71. The lowest BCUT2D eigenvalue weighted by Gasteiger charge is -2.23.